The lowest BCUT2D eigenvalue weighted by atomic mass is 10.2. The summed E-state index contributed by atoms with van der Waals surface area (Å²) < 4.78 is 0. The van der Waals surface area contributed by atoms with Gasteiger partial charge in [0.2, 0.25) is 0 Å². The second-order valence-corrected chi connectivity index (χ2v) is 8.33. The quantitative estimate of drug-likeness (QED) is 0.675. The van der Waals surface area contributed by atoms with E-state index >= 15 is 0 Å². The summed E-state index contributed by atoms with van der Waals surface area (Å²) in [5, 5.41) is 0.0518. The third-order valence-corrected chi connectivity index (χ3v) is 7.51. The summed E-state index contributed by atoms with van der Waals surface area (Å²) in [5.74, 6) is 2.43. The lowest BCUT2D eigenvalue weighted by molar-refractivity contribution is 1.13. The average Bonchev–Trinajstić information content (AvgIpc) is 3.04. The van der Waals surface area contributed by atoms with Gasteiger partial charge in [-0.15, -0.1) is 34.3 Å². The third-order valence-electron chi connectivity index (χ3n) is 3.18. The van der Waals surface area contributed by atoms with Gasteiger partial charge in [0.15, 0.2) is 0 Å². The molecule has 96 valence electrons. The minimum Gasteiger partial charge on any atom is -0.157 e. The maximum absolute atomic E-state index is 6.64. The highest BCUT2D eigenvalue weighted by molar-refractivity contribution is 7.98. The number of alkyl halides is 1. The van der Waals surface area contributed by atoms with Crippen molar-refractivity contribution in [1.29, 1.82) is 0 Å². The second kappa shape index (κ2) is 5.58. The molecule has 0 aromatic carbocycles. The van der Waals surface area contributed by atoms with Gasteiger partial charge in [-0.25, -0.2) is 0 Å². The molecule has 1 aliphatic rings. The molecule has 3 rings (SSSR count). The molecule has 0 amide bonds. The fourth-order valence-corrected chi connectivity index (χ4v) is 5.96. The Balaban J connectivity index is 1.87. The fraction of sp³-hybridized carbons (Fsp3) is 0.429. The van der Waals surface area contributed by atoms with Crippen LogP contribution in [0.1, 0.15) is 37.4 Å². The van der Waals surface area contributed by atoms with Crippen LogP contribution in [0.25, 0.3) is 0 Å². The standard InChI is InChI=1S/C14H15ClS3/c1-2-10-3-4-12(17-10)14(15)13-7-9-8-16-6-5-11(9)18-13/h3-4,7,14H,2,5-6,8H2,1H3. The van der Waals surface area contributed by atoms with Gasteiger partial charge >= 0.3 is 0 Å². The van der Waals surface area contributed by atoms with E-state index in [-0.39, 0.29) is 5.38 Å². The van der Waals surface area contributed by atoms with Crippen molar-refractivity contribution < 1.29 is 0 Å². The van der Waals surface area contributed by atoms with Crippen LogP contribution in [0.2, 0.25) is 0 Å². The minimum absolute atomic E-state index is 0.0518. The molecule has 0 nitrogen and oxygen atoms in total. The number of hydrogen-bond acceptors (Lipinski definition) is 3. The van der Waals surface area contributed by atoms with Gasteiger partial charge in [0.25, 0.3) is 0 Å². The summed E-state index contributed by atoms with van der Waals surface area (Å²) in [5.41, 5.74) is 1.52. The number of fused-ring (bicyclic) bond motifs is 1. The predicted molar refractivity (Wildman–Crippen MR) is 85.6 cm³/mol. The molecule has 0 spiro atoms. The highest BCUT2D eigenvalue weighted by atomic mass is 35.5. The molecule has 0 N–H and O–H groups in total. The van der Waals surface area contributed by atoms with Crippen molar-refractivity contribution in [3.05, 3.63) is 43.3 Å². The van der Waals surface area contributed by atoms with Gasteiger partial charge in [-0.1, -0.05) is 6.92 Å². The Bertz CT molecular complexity index is 517. The predicted octanol–water partition coefficient (Wildman–Crippen LogP) is 5.49. The maximum Gasteiger partial charge on any atom is 0.102 e. The van der Waals surface area contributed by atoms with Crippen LogP contribution in [-0.4, -0.2) is 5.75 Å². The summed E-state index contributed by atoms with van der Waals surface area (Å²) in [6.45, 7) is 2.19. The lowest BCUT2D eigenvalue weighted by Gasteiger charge is -2.08. The first-order chi connectivity index (χ1) is 8.78. The Morgan fingerprint density at radius 1 is 1.28 bits per heavy atom. The van der Waals surface area contributed by atoms with Crippen molar-refractivity contribution in [3.8, 4) is 0 Å². The number of hydrogen-bond donors (Lipinski definition) is 0. The Kier molecular flexibility index (Phi) is 4.04. The van der Waals surface area contributed by atoms with Crippen molar-refractivity contribution in [2.24, 2.45) is 0 Å². The van der Waals surface area contributed by atoms with Crippen LogP contribution in [-0.2, 0) is 18.6 Å². The highest BCUT2D eigenvalue weighted by Gasteiger charge is 2.20. The first-order valence-corrected chi connectivity index (χ1v) is 9.42. The first kappa shape index (κ1) is 13.0. The van der Waals surface area contributed by atoms with E-state index in [1.165, 1.54) is 38.1 Å². The average molecular weight is 315 g/mol. The van der Waals surface area contributed by atoms with E-state index in [0.29, 0.717) is 0 Å². The topological polar surface area (TPSA) is 0 Å². The van der Waals surface area contributed by atoms with Crippen molar-refractivity contribution >= 4 is 46.0 Å². The zero-order valence-corrected chi connectivity index (χ0v) is 13.4. The molecule has 0 saturated heterocycles. The van der Waals surface area contributed by atoms with Gasteiger partial charge in [-0.05, 0) is 42.4 Å². The van der Waals surface area contributed by atoms with E-state index < -0.39 is 0 Å². The van der Waals surface area contributed by atoms with Crippen molar-refractivity contribution in [2.45, 2.75) is 30.9 Å². The molecule has 0 radical (unpaired) electrons. The molecule has 18 heavy (non-hydrogen) atoms. The van der Waals surface area contributed by atoms with Crippen LogP contribution >= 0.6 is 46.0 Å². The van der Waals surface area contributed by atoms with Crippen LogP contribution < -0.4 is 0 Å². The van der Waals surface area contributed by atoms with Crippen molar-refractivity contribution in [1.82, 2.24) is 0 Å². The minimum atomic E-state index is 0.0518. The number of halogens is 1. The van der Waals surface area contributed by atoms with Crippen LogP contribution in [0.5, 0.6) is 0 Å². The summed E-state index contributed by atoms with van der Waals surface area (Å²) in [7, 11) is 0. The van der Waals surface area contributed by atoms with Gasteiger partial charge in [0, 0.05) is 25.3 Å². The Labute approximate surface area is 125 Å². The van der Waals surface area contributed by atoms with Gasteiger partial charge in [0.1, 0.15) is 5.38 Å². The van der Waals surface area contributed by atoms with Crippen LogP contribution in [0.3, 0.4) is 0 Å². The monoisotopic (exact) mass is 314 g/mol. The molecular formula is C14H15ClS3. The van der Waals surface area contributed by atoms with Gasteiger partial charge in [-0.3, -0.25) is 0 Å². The SMILES string of the molecule is CCc1ccc(C(Cl)c2cc3c(s2)CCSC3)s1. The first-order valence-electron chi connectivity index (χ1n) is 6.20. The van der Waals surface area contributed by atoms with E-state index in [2.05, 4.69) is 25.1 Å². The summed E-state index contributed by atoms with van der Waals surface area (Å²) >= 11 is 12.4. The normalized spacial score (nSPS) is 16.6. The number of thiophene rings is 2. The molecule has 0 bridgehead atoms. The van der Waals surface area contributed by atoms with Crippen LogP contribution in [0.4, 0.5) is 0 Å². The third kappa shape index (κ3) is 2.51. The van der Waals surface area contributed by atoms with Gasteiger partial charge in [-0.2, -0.15) is 11.8 Å². The van der Waals surface area contributed by atoms with E-state index in [1.807, 2.05) is 34.4 Å². The molecule has 2 aromatic heterocycles. The molecule has 3 heterocycles. The largest absolute Gasteiger partial charge is 0.157 e. The Morgan fingerprint density at radius 3 is 2.89 bits per heavy atom. The number of aryl methyl sites for hydroxylation is 2. The van der Waals surface area contributed by atoms with Crippen LogP contribution in [0.15, 0.2) is 18.2 Å². The zero-order chi connectivity index (χ0) is 12.5. The maximum atomic E-state index is 6.64. The summed E-state index contributed by atoms with van der Waals surface area (Å²) in [6, 6.07) is 6.72. The molecule has 0 aliphatic carbocycles. The van der Waals surface area contributed by atoms with Gasteiger partial charge in [0.05, 0.1) is 0 Å². The molecule has 0 saturated carbocycles. The molecule has 1 unspecified atom stereocenters. The molecule has 4 heteroatoms. The summed E-state index contributed by atoms with van der Waals surface area (Å²) in [6.07, 6.45) is 2.32. The van der Waals surface area contributed by atoms with E-state index in [1.54, 1.807) is 4.88 Å². The van der Waals surface area contributed by atoms with E-state index in [9.17, 15) is 0 Å². The van der Waals surface area contributed by atoms with E-state index in [0.717, 1.165) is 6.42 Å². The van der Waals surface area contributed by atoms with Gasteiger partial charge < -0.3 is 0 Å². The molecule has 2 aromatic rings. The smallest absolute Gasteiger partial charge is 0.102 e. The molecule has 0 fully saturated rings. The zero-order valence-electron chi connectivity index (χ0n) is 10.2. The van der Waals surface area contributed by atoms with Crippen molar-refractivity contribution in [3.63, 3.8) is 0 Å². The van der Waals surface area contributed by atoms with E-state index in [4.69, 9.17) is 11.6 Å². The second-order valence-electron chi connectivity index (χ2n) is 4.42. The number of thioether (sulfide) groups is 1. The molecule has 1 aliphatic heterocycles. The molecule has 1 atom stereocenters. The number of rotatable bonds is 3. The highest BCUT2D eigenvalue weighted by Crippen LogP contribution is 2.41. The molecular weight excluding hydrogens is 300 g/mol. The lowest BCUT2D eigenvalue weighted by Crippen LogP contribution is -1.96. The van der Waals surface area contributed by atoms with Crippen LogP contribution in [0, 0.1) is 0 Å². The Morgan fingerprint density at radius 2 is 2.17 bits per heavy atom. The fourth-order valence-electron chi connectivity index (χ4n) is 2.16. The van der Waals surface area contributed by atoms with Crippen molar-refractivity contribution in [2.75, 3.05) is 5.75 Å². The Hall–Kier alpha value is 0.0400. The summed E-state index contributed by atoms with van der Waals surface area (Å²) in [4.78, 5) is 5.60.